The van der Waals surface area contributed by atoms with E-state index in [1.165, 1.54) is 22.2 Å². The highest BCUT2D eigenvalue weighted by Gasteiger charge is 2.28. The van der Waals surface area contributed by atoms with Crippen molar-refractivity contribution in [2.24, 2.45) is 0 Å². The molecule has 140 valence electrons. The Morgan fingerprint density at radius 1 is 1.07 bits per heavy atom. The number of para-hydroxylation sites is 1. The lowest BCUT2D eigenvalue weighted by atomic mass is 10.1. The maximum absolute atomic E-state index is 12.2. The van der Waals surface area contributed by atoms with E-state index in [4.69, 9.17) is 21.7 Å². The van der Waals surface area contributed by atoms with Gasteiger partial charge in [0.15, 0.2) is 0 Å². The average molecular weight is 400 g/mol. The zero-order valence-electron chi connectivity index (χ0n) is 15.5. The van der Waals surface area contributed by atoms with E-state index in [2.05, 4.69) is 13.0 Å². The number of nitrogens with zero attached hydrogens (tertiary/aromatic N) is 1. The molecule has 0 unspecified atom stereocenters. The smallest absolute Gasteiger partial charge is 0.265 e. The Hall–Kier alpha value is -2.31. The Labute approximate surface area is 169 Å². The van der Waals surface area contributed by atoms with E-state index in [1.807, 2.05) is 49.4 Å². The molecule has 0 aromatic heterocycles. The Balaban J connectivity index is 1.63. The largest absolute Gasteiger partial charge is 0.490 e. The fraction of sp³-hybridized carbons (Fsp3) is 0.238. The summed E-state index contributed by atoms with van der Waals surface area (Å²) in [6.45, 7) is 4.94. The van der Waals surface area contributed by atoms with Gasteiger partial charge in [-0.1, -0.05) is 59.9 Å². The number of rotatable bonds is 6. The molecule has 0 bridgehead atoms. The van der Waals surface area contributed by atoms with Crippen molar-refractivity contribution >= 4 is 40.3 Å². The van der Waals surface area contributed by atoms with Crippen molar-refractivity contribution < 1.29 is 14.3 Å². The molecule has 6 heteroatoms. The summed E-state index contributed by atoms with van der Waals surface area (Å²) in [6.07, 6.45) is 1.82. The minimum atomic E-state index is -0.0852. The fourth-order valence-electron chi connectivity index (χ4n) is 2.68. The third kappa shape index (κ3) is 4.70. The summed E-state index contributed by atoms with van der Waals surface area (Å²) >= 11 is 6.48. The quantitative estimate of drug-likeness (QED) is 0.403. The molecule has 1 aliphatic heterocycles. The average Bonchev–Trinajstić information content (AvgIpc) is 2.88. The first-order valence-electron chi connectivity index (χ1n) is 8.59. The SMILES string of the molecule is Cc1ccc(OCCOc2ccccc2/C=C2\SC(=S)N(C)C2=O)c(C)c1. The number of benzene rings is 2. The van der Waals surface area contributed by atoms with Crippen LogP contribution in [-0.2, 0) is 4.79 Å². The zero-order valence-corrected chi connectivity index (χ0v) is 17.2. The summed E-state index contributed by atoms with van der Waals surface area (Å²) in [7, 11) is 1.69. The van der Waals surface area contributed by atoms with Crippen LogP contribution in [0.15, 0.2) is 47.4 Å². The van der Waals surface area contributed by atoms with Gasteiger partial charge in [0, 0.05) is 12.6 Å². The molecular formula is C21H21NO3S2. The first-order chi connectivity index (χ1) is 13.0. The number of aryl methyl sites for hydroxylation is 2. The molecule has 1 amide bonds. The van der Waals surface area contributed by atoms with Gasteiger partial charge in [0.1, 0.15) is 29.0 Å². The minimum Gasteiger partial charge on any atom is -0.490 e. The Kier molecular flexibility index (Phi) is 6.19. The third-order valence-corrected chi connectivity index (χ3v) is 5.61. The molecule has 27 heavy (non-hydrogen) atoms. The van der Waals surface area contributed by atoms with Gasteiger partial charge in [-0.15, -0.1) is 0 Å². The molecule has 1 fully saturated rings. The third-order valence-electron chi connectivity index (χ3n) is 4.12. The van der Waals surface area contributed by atoms with Crippen molar-refractivity contribution in [2.75, 3.05) is 20.3 Å². The van der Waals surface area contributed by atoms with Gasteiger partial charge in [-0.2, -0.15) is 0 Å². The zero-order chi connectivity index (χ0) is 19.4. The van der Waals surface area contributed by atoms with Crippen LogP contribution in [0.5, 0.6) is 11.5 Å². The standard InChI is InChI=1S/C21H21NO3S2/c1-14-8-9-17(15(2)12-14)24-10-11-25-18-7-5-4-6-16(18)13-19-20(23)22(3)21(26)27-19/h4-9,12-13H,10-11H2,1-3H3/b19-13-. The highest BCUT2D eigenvalue weighted by Crippen LogP contribution is 2.33. The second-order valence-electron chi connectivity index (χ2n) is 6.24. The number of ether oxygens (including phenoxy) is 2. The van der Waals surface area contributed by atoms with E-state index in [1.54, 1.807) is 7.05 Å². The van der Waals surface area contributed by atoms with Gasteiger partial charge in [0.05, 0.1) is 4.91 Å². The molecule has 2 aromatic rings. The van der Waals surface area contributed by atoms with Crippen LogP contribution in [0.3, 0.4) is 0 Å². The molecule has 0 aliphatic carbocycles. The van der Waals surface area contributed by atoms with Gasteiger partial charge >= 0.3 is 0 Å². The molecule has 1 saturated heterocycles. The van der Waals surface area contributed by atoms with E-state index < -0.39 is 0 Å². The fourth-order valence-corrected chi connectivity index (χ4v) is 3.85. The van der Waals surface area contributed by atoms with Crippen molar-refractivity contribution in [3.05, 3.63) is 64.1 Å². The van der Waals surface area contributed by atoms with Gasteiger partial charge in [0.25, 0.3) is 5.91 Å². The van der Waals surface area contributed by atoms with Gasteiger partial charge in [0.2, 0.25) is 0 Å². The van der Waals surface area contributed by atoms with Crippen molar-refractivity contribution in [2.45, 2.75) is 13.8 Å². The summed E-state index contributed by atoms with van der Waals surface area (Å²) in [5, 5.41) is 0. The molecule has 4 nitrogen and oxygen atoms in total. The number of thiocarbonyl (C=S) groups is 1. The van der Waals surface area contributed by atoms with Gasteiger partial charge in [-0.25, -0.2) is 0 Å². The molecular weight excluding hydrogens is 378 g/mol. The Morgan fingerprint density at radius 2 is 1.78 bits per heavy atom. The molecule has 0 spiro atoms. The molecule has 1 heterocycles. The predicted octanol–water partition coefficient (Wildman–Crippen LogP) is 4.59. The van der Waals surface area contributed by atoms with E-state index in [0.717, 1.165) is 16.9 Å². The maximum Gasteiger partial charge on any atom is 0.265 e. The number of hydrogen-bond acceptors (Lipinski definition) is 5. The van der Waals surface area contributed by atoms with Crippen LogP contribution in [0.25, 0.3) is 6.08 Å². The number of carbonyl (C=O) groups excluding carboxylic acids is 1. The van der Waals surface area contributed by atoms with Gasteiger partial charge in [-0.3, -0.25) is 9.69 Å². The number of likely N-dealkylation sites (N-methyl/N-ethyl adjacent to an activating group) is 1. The highest BCUT2D eigenvalue weighted by molar-refractivity contribution is 8.26. The van der Waals surface area contributed by atoms with Crippen LogP contribution < -0.4 is 9.47 Å². The van der Waals surface area contributed by atoms with Gasteiger partial charge < -0.3 is 9.47 Å². The predicted molar refractivity (Wildman–Crippen MR) is 114 cm³/mol. The van der Waals surface area contributed by atoms with E-state index in [-0.39, 0.29) is 5.91 Å². The minimum absolute atomic E-state index is 0.0852. The number of hydrogen-bond donors (Lipinski definition) is 0. The van der Waals surface area contributed by atoms with Crippen molar-refractivity contribution in [1.29, 1.82) is 0 Å². The molecule has 2 aromatic carbocycles. The number of amides is 1. The summed E-state index contributed by atoms with van der Waals surface area (Å²) in [6, 6.07) is 13.7. The number of thioether (sulfide) groups is 1. The van der Waals surface area contributed by atoms with Crippen LogP contribution in [0.2, 0.25) is 0 Å². The topological polar surface area (TPSA) is 38.8 Å². The molecule has 3 rings (SSSR count). The Morgan fingerprint density at radius 3 is 2.44 bits per heavy atom. The second-order valence-corrected chi connectivity index (χ2v) is 7.92. The van der Waals surface area contributed by atoms with Crippen LogP contribution in [0.4, 0.5) is 0 Å². The Bertz CT molecular complexity index is 908. The van der Waals surface area contributed by atoms with E-state index in [0.29, 0.717) is 28.2 Å². The van der Waals surface area contributed by atoms with Crippen molar-refractivity contribution in [3.8, 4) is 11.5 Å². The van der Waals surface area contributed by atoms with Crippen molar-refractivity contribution in [3.63, 3.8) is 0 Å². The van der Waals surface area contributed by atoms with Crippen molar-refractivity contribution in [1.82, 2.24) is 4.90 Å². The monoisotopic (exact) mass is 399 g/mol. The number of carbonyl (C=O) groups is 1. The first-order valence-corrected chi connectivity index (χ1v) is 9.81. The summed E-state index contributed by atoms with van der Waals surface area (Å²) in [5.74, 6) is 1.49. The normalized spacial score (nSPS) is 15.5. The maximum atomic E-state index is 12.2. The summed E-state index contributed by atoms with van der Waals surface area (Å²) in [5.41, 5.74) is 3.16. The van der Waals surface area contributed by atoms with E-state index >= 15 is 0 Å². The van der Waals surface area contributed by atoms with Crippen LogP contribution >= 0.6 is 24.0 Å². The van der Waals surface area contributed by atoms with Crippen LogP contribution in [-0.4, -0.2) is 35.4 Å². The molecule has 0 N–H and O–H groups in total. The molecule has 1 aliphatic rings. The summed E-state index contributed by atoms with van der Waals surface area (Å²) in [4.78, 5) is 14.3. The highest BCUT2D eigenvalue weighted by atomic mass is 32.2. The first kappa shape index (κ1) is 19.5. The van der Waals surface area contributed by atoms with Gasteiger partial charge in [-0.05, 0) is 37.6 Å². The lowest BCUT2D eigenvalue weighted by molar-refractivity contribution is -0.121. The van der Waals surface area contributed by atoms with Crippen LogP contribution in [0, 0.1) is 13.8 Å². The molecule has 0 saturated carbocycles. The molecule has 0 atom stereocenters. The van der Waals surface area contributed by atoms with E-state index in [9.17, 15) is 4.79 Å². The lowest BCUT2D eigenvalue weighted by Crippen LogP contribution is -2.22. The van der Waals surface area contributed by atoms with Crippen LogP contribution in [0.1, 0.15) is 16.7 Å². The summed E-state index contributed by atoms with van der Waals surface area (Å²) < 4.78 is 12.3. The second kappa shape index (κ2) is 8.59. The molecule has 0 radical (unpaired) electrons. The lowest BCUT2D eigenvalue weighted by Gasteiger charge is -2.12.